The van der Waals surface area contributed by atoms with E-state index < -0.39 is 0 Å². The van der Waals surface area contributed by atoms with Crippen molar-refractivity contribution in [3.63, 3.8) is 0 Å². The minimum absolute atomic E-state index is 0. The molecule has 0 aromatic rings. The summed E-state index contributed by atoms with van der Waals surface area (Å²) >= 11 is 0. The van der Waals surface area contributed by atoms with Gasteiger partial charge in [-0.05, 0) is 0 Å². The van der Waals surface area contributed by atoms with Crippen LogP contribution >= 0.6 is 24.8 Å². The van der Waals surface area contributed by atoms with Gasteiger partial charge in [-0.3, -0.25) is 0 Å². The molecule has 0 N–H and O–H groups in total. The van der Waals surface area contributed by atoms with Crippen molar-refractivity contribution < 1.29 is 0 Å². The van der Waals surface area contributed by atoms with Crippen LogP contribution in [0.25, 0.3) is 0 Å². The number of halogens is 2. The third-order valence-corrected chi connectivity index (χ3v) is 2.66. The van der Waals surface area contributed by atoms with Gasteiger partial charge in [-0.15, -0.1) is 24.8 Å². The lowest BCUT2D eigenvalue weighted by Crippen LogP contribution is -1.78. The van der Waals surface area contributed by atoms with E-state index in [4.69, 9.17) is 0 Å². The van der Waals surface area contributed by atoms with Crippen LogP contribution < -0.4 is 0 Å². The molecule has 0 radical (unpaired) electrons. The standard InChI is InChI=1S/C9H22Si.2ClH/c1-2-3-4-5-6-7-8-9-10;;/h2-9H2,1,10H3;2*1H. The first-order valence-electron chi connectivity index (χ1n) is 4.91. The molecular weight excluding hydrogens is 207 g/mol. The Kier molecular flexibility index (Phi) is 27.5. The van der Waals surface area contributed by atoms with Crippen molar-refractivity contribution in [2.45, 2.75) is 57.9 Å². The molecule has 78 valence electrons. The first-order chi connectivity index (χ1) is 4.91. The van der Waals surface area contributed by atoms with Crippen LogP contribution in [0.1, 0.15) is 51.9 Å². The van der Waals surface area contributed by atoms with Crippen molar-refractivity contribution in [2.24, 2.45) is 0 Å². The summed E-state index contributed by atoms with van der Waals surface area (Å²) < 4.78 is 0. The van der Waals surface area contributed by atoms with Crippen LogP contribution in [0.4, 0.5) is 0 Å². The van der Waals surface area contributed by atoms with Crippen LogP contribution in [-0.2, 0) is 0 Å². The minimum atomic E-state index is 0. The molecule has 0 atom stereocenters. The molecule has 0 nitrogen and oxygen atoms in total. The van der Waals surface area contributed by atoms with Gasteiger partial charge in [-0.25, -0.2) is 0 Å². The van der Waals surface area contributed by atoms with Crippen LogP contribution in [0, 0.1) is 0 Å². The topological polar surface area (TPSA) is 0 Å². The van der Waals surface area contributed by atoms with E-state index in [1.165, 1.54) is 61.2 Å². The van der Waals surface area contributed by atoms with E-state index in [2.05, 4.69) is 6.92 Å². The van der Waals surface area contributed by atoms with E-state index in [1.807, 2.05) is 0 Å². The van der Waals surface area contributed by atoms with Crippen LogP contribution in [0.2, 0.25) is 6.04 Å². The summed E-state index contributed by atoms with van der Waals surface area (Å²) in [6, 6.07) is 1.51. The van der Waals surface area contributed by atoms with E-state index in [-0.39, 0.29) is 24.8 Å². The summed E-state index contributed by atoms with van der Waals surface area (Å²) in [7, 11) is 1.41. The number of unbranched alkanes of at least 4 members (excludes halogenated alkanes) is 6. The number of rotatable bonds is 7. The van der Waals surface area contributed by atoms with Crippen LogP contribution in [0.3, 0.4) is 0 Å². The maximum Gasteiger partial charge on any atom is 0.00279 e. The fourth-order valence-electron chi connectivity index (χ4n) is 1.21. The van der Waals surface area contributed by atoms with Crippen LogP contribution in [0.5, 0.6) is 0 Å². The van der Waals surface area contributed by atoms with E-state index in [1.54, 1.807) is 0 Å². The molecular formula is C9H24Cl2Si. The van der Waals surface area contributed by atoms with Crippen LogP contribution in [0.15, 0.2) is 0 Å². The maximum atomic E-state index is 2.28. The molecule has 0 amide bonds. The van der Waals surface area contributed by atoms with Gasteiger partial charge in [-0.2, -0.15) is 0 Å². The molecule has 0 saturated carbocycles. The van der Waals surface area contributed by atoms with Gasteiger partial charge in [0.1, 0.15) is 0 Å². The number of hydrogen-bond acceptors (Lipinski definition) is 0. The lowest BCUT2D eigenvalue weighted by Gasteiger charge is -1.97. The van der Waals surface area contributed by atoms with Crippen molar-refractivity contribution >= 4 is 35.1 Å². The molecule has 0 heterocycles. The average Bonchev–Trinajstić information content (AvgIpc) is 1.97. The van der Waals surface area contributed by atoms with Crippen molar-refractivity contribution in [2.75, 3.05) is 0 Å². The SMILES string of the molecule is CCCCCCCCC[SiH3].Cl.Cl. The molecule has 0 fully saturated rings. The van der Waals surface area contributed by atoms with Crippen molar-refractivity contribution in [1.29, 1.82) is 0 Å². The van der Waals surface area contributed by atoms with E-state index in [0.717, 1.165) is 0 Å². The third-order valence-electron chi connectivity index (χ3n) is 1.96. The van der Waals surface area contributed by atoms with Gasteiger partial charge in [0.25, 0.3) is 0 Å². The Labute approximate surface area is 93.1 Å². The quantitative estimate of drug-likeness (QED) is 0.465. The van der Waals surface area contributed by atoms with Gasteiger partial charge in [0.05, 0.1) is 0 Å². The molecule has 0 aromatic heterocycles. The van der Waals surface area contributed by atoms with Gasteiger partial charge < -0.3 is 0 Å². The Morgan fingerprint density at radius 3 is 1.58 bits per heavy atom. The highest BCUT2D eigenvalue weighted by molar-refractivity contribution is 6.08. The van der Waals surface area contributed by atoms with Crippen molar-refractivity contribution in [3.8, 4) is 0 Å². The largest absolute Gasteiger partial charge is 0.147 e. The summed E-state index contributed by atoms with van der Waals surface area (Å²) in [6.07, 6.45) is 10.3. The van der Waals surface area contributed by atoms with Crippen molar-refractivity contribution in [3.05, 3.63) is 0 Å². The maximum absolute atomic E-state index is 2.28. The second-order valence-corrected chi connectivity index (χ2v) is 4.12. The van der Waals surface area contributed by atoms with Gasteiger partial charge in [-0.1, -0.05) is 57.9 Å². The summed E-state index contributed by atoms with van der Waals surface area (Å²) in [6.45, 7) is 2.28. The zero-order valence-electron chi connectivity index (χ0n) is 8.47. The van der Waals surface area contributed by atoms with Gasteiger partial charge >= 0.3 is 0 Å². The molecule has 0 bridgehead atoms. The predicted molar refractivity (Wildman–Crippen MR) is 67.2 cm³/mol. The van der Waals surface area contributed by atoms with Gasteiger partial charge in [0.2, 0.25) is 0 Å². The molecule has 0 aromatic carbocycles. The molecule has 0 spiro atoms. The Bertz CT molecular complexity index is 52.5. The molecule has 0 aliphatic rings. The smallest absolute Gasteiger partial charge is 0.00279 e. The minimum Gasteiger partial charge on any atom is -0.147 e. The molecule has 12 heavy (non-hydrogen) atoms. The second kappa shape index (κ2) is 17.8. The summed E-state index contributed by atoms with van der Waals surface area (Å²) in [5.41, 5.74) is 0. The summed E-state index contributed by atoms with van der Waals surface area (Å²) in [4.78, 5) is 0. The molecule has 0 rings (SSSR count). The van der Waals surface area contributed by atoms with E-state index in [9.17, 15) is 0 Å². The Hall–Kier alpha value is 0.797. The Balaban J connectivity index is -0.000000405. The molecule has 0 saturated heterocycles. The highest BCUT2D eigenvalue weighted by atomic mass is 35.5. The normalized spacial score (nSPS) is 8.75. The first kappa shape index (κ1) is 18.6. The average molecular weight is 231 g/mol. The lowest BCUT2D eigenvalue weighted by molar-refractivity contribution is 0.602. The first-order valence-corrected chi connectivity index (χ1v) is 6.33. The monoisotopic (exact) mass is 230 g/mol. The molecule has 0 aliphatic heterocycles. The molecule has 3 heteroatoms. The van der Waals surface area contributed by atoms with Crippen molar-refractivity contribution in [1.82, 2.24) is 0 Å². The highest BCUT2D eigenvalue weighted by Gasteiger charge is 1.87. The molecule has 0 unspecified atom stereocenters. The van der Waals surface area contributed by atoms with Gasteiger partial charge in [0.15, 0.2) is 0 Å². The van der Waals surface area contributed by atoms with E-state index >= 15 is 0 Å². The highest BCUT2D eigenvalue weighted by Crippen LogP contribution is 2.07. The summed E-state index contributed by atoms with van der Waals surface area (Å²) in [5.74, 6) is 0. The number of hydrogen-bond donors (Lipinski definition) is 0. The predicted octanol–water partition coefficient (Wildman–Crippen LogP) is 3.36. The Morgan fingerprint density at radius 1 is 0.750 bits per heavy atom. The second-order valence-electron chi connectivity index (χ2n) is 3.12. The lowest BCUT2D eigenvalue weighted by atomic mass is 10.1. The Morgan fingerprint density at radius 2 is 1.17 bits per heavy atom. The fraction of sp³-hybridized carbons (Fsp3) is 1.00. The van der Waals surface area contributed by atoms with Gasteiger partial charge in [0, 0.05) is 10.2 Å². The van der Waals surface area contributed by atoms with Crippen LogP contribution in [-0.4, -0.2) is 10.2 Å². The zero-order valence-corrected chi connectivity index (χ0v) is 12.1. The molecule has 0 aliphatic carbocycles. The third kappa shape index (κ3) is 17.0. The van der Waals surface area contributed by atoms with E-state index in [0.29, 0.717) is 0 Å². The summed E-state index contributed by atoms with van der Waals surface area (Å²) in [5, 5.41) is 0. The fourth-order valence-corrected chi connectivity index (χ4v) is 1.71. The zero-order chi connectivity index (χ0) is 7.66.